The predicted octanol–water partition coefficient (Wildman–Crippen LogP) is 3.12. The second kappa shape index (κ2) is 7.82. The van der Waals surface area contributed by atoms with Gasteiger partial charge in [0.25, 0.3) is 0 Å². The number of rotatable bonds is 7. The molecule has 0 saturated carbocycles. The lowest BCUT2D eigenvalue weighted by Crippen LogP contribution is -2.13. The molecule has 0 aliphatic carbocycles. The summed E-state index contributed by atoms with van der Waals surface area (Å²) in [7, 11) is 0. The summed E-state index contributed by atoms with van der Waals surface area (Å²) in [5, 5.41) is 9.21. The molecule has 6 nitrogen and oxygen atoms in total. The van der Waals surface area contributed by atoms with Gasteiger partial charge in [-0.05, 0) is 34.4 Å². The molecule has 7 heteroatoms. The Morgan fingerprint density at radius 1 is 1.19 bits per heavy atom. The molecule has 0 bridgehead atoms. The maximum Gasteiger partial charge on any atom is 0.304 e. The second-order valence-corrected chi connectivity index (χ2v) is 6.14. The van der Waals surface area contributed by atoms with Gasteiger partial charge in [-0.1, -0.05) is 30.3 Å². The van der Waals surface area contributed by atoms with E-state index in [0.29, 0.717) is 22.3 Å². The molecule has 0 aliphatic heterocycles. The lowest BCUT2D eigenvalue weighted by atomic mass is 9.91. The predicted molar refractivity (Wildman–Crippen MR) is 95.3 cm³/mol. The van der Waals surface area contributed by atoms with Crippen LogP contribution in [0.2, 0.25) is 0 Å². The third-order valence-corrected chi connectivity index (χ3v) is 4.09. The van der Waals surface area contributed by atoms with Gasteiger partial charge in [0.05, 0.1) is 25.0 Å². The maximum absolute atomic E-state index is 14.3. The highest BCUT2D eigenvalue weighted by Gasteiger charge is 2.23. The van der Waals surface area contributed by atoms with Gasteiger partial charge in [-0.2, -0.15) is 0 Å². The van der Waals surface area contributed by atoms with E-state index in [-0.39, 0.29) is 18.7 Å². The van der Waals surface area contributed by atoms with Gasteiger partial charge in [-0.3, -0.25) is 9.59 Å². The summed E-state index contributed by atoms with van der Waals surface area (Å²) >= 11 is 0. The van der Waals surface area contributed by atoms with Crippen molar-refractivity contribution in [2.75, 3.05) is 0 Å². The van der Waals surface area contributed by atoms with Gasteiger partial charge in [0.1, 0.15) is 12.1 Å². The highest BCUT2D eigenvalue weighted by atomic mass is 19.1. The van der Waals surface area contributed by atoms with Crippen LogP contribution in [0.15, 0.2) is 59.3 Å². The Morgan fingerprint density at radius 3 is 2.67 bits per heavy atom. The molecule has 1 amide bonds. The third kappa shape index (κ3) is 4.58. The number of aromatic nitrogens is 1. The summed E-state index contributed by atoms with van der Waals surface area (Å²) in [6, 6.07) is 11.4. The number of oxazole rings is 1. The van der Waals surface area contributed by atoms with Crippen molar-refractivity contribution in [3.63, 3.8) is 0 Å². The zero-order valence-corrected chi connectivity index (χ0v) is 14.3. The number of hydrogen-bond donors (Lipinski definition) is 2. The van der Waals surface area contributed by atoms with E-state index in [9.17, 15) is 19.1 Å². The van der Waals surface area contributed by atoms with E-state index in [1.165, 1.54) is 24.6 Å². The molecular weight excluding hydrogens is 351 g/mol. The number of carbonyl (C=O) groups is 2. The van der Waals surface area contributed by atoms with Crippen LogP contribution in [0, 0.1) is 5.82 Å². The Kier molecular flexibility index (Phi) is 5.30. The number of benzene rings is 2. The van der Waals surface area contributed by atoms with E-state index < -0.39 is 23.6 Å². The summed E-state index contributed by atoms with van der Waals surface area (Å²) in [5.74, 6) is -2.54. The fraction of sp³-hybridized carbons (Fsp3) is 0.150. The summed E-state index contributed by atoms with van der Waals surface area (Å²) in [5.41, 5.74) is 7.62. The number of primary amides is 1. The minimum atomic E-state index is -1.05. The molecule has 3 rings (SSSR count). The van der Waals surface area contributed by atoms with Gasteiger partial charge >= 0.3 is 5.97 Å². The molecule has 0 saturated heterocycles. The van der Waals surface area contributed by atoms with Crippen molar-refractivity contribution in [3.05, 3.63) is 77.8 Å². The average molecular weight is 368 g/mol. The number of nitrogens with two attached hydrogens (primary N) is 1. The molecule has 0 radical (unpaired) electrons. The summed E-state index contributed by atoms with van der Waals surface area (Å²) in [6.07, 6.45) is 2.55. The molecule has 0 fully saturated rings. The van der Waals surface area contributed by atoms with E-state index in [1.54, 1.807) is 30.3 Å². The van der Waals surface area contributed by atoms with Crippen LogP contribution in [0.25, 0.3) is 11.1 Å². The quantitative estimate of drug-likeness (QED) is 0.666. The smallest absolute Gasteiger partial charge is 0.304 e. The van der Waals surface area contributed by atoms with Gasteiger partial charge in [0.15, 0.2) is 0 Å². The van der Waals surface area contributed by atoms with Crippen molar-refractivity contribution in [2.24, 2.45) is 5.73 Å². The lowest BCUT2D eigenvalue weighted by Gasteiger charge is -2.14. The first-order chi connectivity index (χ1) is 12.9. The maximum atomic E-state index is 14.3. The molecule has 3 N–H and O–H groups in total. The molecular formula is C20H17FN2O4. The Labute approximate surface area is 154 Å². The first-order valence-electron chi connectivity index (χ1n) is 8.21. The van der Waals surface area contributed by atoms with Crippen LogP contribution in [0.4, 0.5) is 4.39 Å². The van der Waals surface area contributed by atoms with Gasteiger partial charge in [-0.25, -0.2) is 9.37 Å². The summed E-state index contributed by atoms with van der Waals surface area (Å²) in [6.45, 7) is 0. The zero-order chi connectivity index (χ0) is 19.4. The van der Waals surface area contributed by atoms with Crippen molar-refractivity contribution in [1.29, 1.82) is 0 Å². The number of amides is 1. The number of nitrogens with zero attached hydrogens (tertiary/aromatic N) is 1. The van der Waals surface area contributed by atoms with Crippen LogP contribution in [0.1, 0.15) is 29.4 Å². The summed E-state index contributed by atoms with van der Waals surface area (Å²) < 4.78 is 19.5. The number of carbonyl (C=O) groups excluding carboxylic acids is 1. The van der Waals surface area contributed by atoms with E-state index >= 15 is 0 Å². The fourth-order valence-electron chi connectivity index (χ4n) is 2.97. The first kappa shape index (κ1) is 18.3. The number of hydrogen-bond acceptors (Lipinski definition) is 4. The second-order valence-electron chi connectivity index (χ2n) is 6.14. The van der Waals surface area contributed by atoms with Crippen LogP contribution in [-0.4, -0.2) is 22.0 Å². The topological polar surface area (TPSA) is 106 Å². The molecule has 27 heavy (non-hydrogen) atoms. The van der Waals surface area contributed by atoms with E-state index in [4.69, 9.17) is 10.2 Å². The van der Waals surface area contributed by atoms with E-state index in [2.05, 4.69) is 4.98 Å². The number of carboxylic acid groups (broad SMARTS) is 1. The normalized spacial score (nSPS) is 11.9. The fourth-order valence-corrected chi connectivity index (χ4v) is 2.97. The molecule has 2 aromatic carbocycles. The Hall–Kier alpha value is -3.48. The number of carboxylic acids is 1. The van der Waals surface area contributed by atoms with Gasteiger partial charge in [0.2, 0.25) is 11.8 Å². The van der Waals surface area contributed by atoms with Crippen LogP contribution < -0.4 is 5.73 Å². The minimum absolute atomic E-state index is 0.0773. The van der Waals surface area contributed by atoms with Crippen molar-refractivity contribution in [3.8, 4) is 11.1 Å². The van der Waals surface area contributed by atoms with Crippen molar-refractivity contribution < 1.29 is 23.5 Å². The number of aliphatic carboxylic acids is 1. The molecule has 3 aromatic rings. The van der Waals surface area contributed by atoms with E-state index in [0.717, 1.165) is 0 Å². The SMILES string of the molecule is NC(=O)Cc1cccc(-c2cc(F)cc(C(CC(=O)O)c3ncco3)c2)c1. The first-order valence-corrected chi connectivity index (χ1v) is 8.21. The monoisotopic (exact) mass is 368 g/mol. The Morgan fingerprint density at radius 2 is 2.00 bits per heavy atom. The van der Waals surface area contributed by atoms with Crippen LogP contribution >= 0.6 is 0 Å². The van der Waals surface area contributed by atoms with Crippen LogP contribution in [0.3, 0.4) is 0 Å². The summed E-state index contributed by atoms with van der Waals surface area (Å²) in [4.78, 5) is 26.4. The molecule has 1 aromatic heterocycles. The van der Waals surface area contributed by atoms with Gasteiger partial charge < -0.3 is 15.3 Å². The Bertz CT molecular complexity index is 970. The third-order valence-electron chi connectivity index (χ3n) is 4.09. The Balaban J connectivity index is 2.03. The van der Waals surface area contributed by atoms with Crippen molar-refractivity contribution in [2.45, 2.75) is 18.8 Å². The molecule has 1 atom stereocenters. The number of halogens is 1. The molecule has 0 aliphatic rings. The van der Waals surface area contributed by atoms with Crippen LogP contribution in [-0.2, 0) is 16.0 Å². The highest BCUT2D eigenvalue weighted by molar-refractivity contribution is 5.77. The molecule has 0 spiro atoms. The minimum Gasteiger partial charge on any atom is -0.481 e. The molecule has 1 unspecified atom stereocenters. The highest BCUT2D eigenvalue weighted by Crippen LogP contribution is 2.31. The standard InChI is InChI=1S/C20H17FN2O4/c21-16-9-14(13-3-1-2-12(6-13)7-18(22)24)8-15(10-16)17(11-19(25)26)20-23-4-5-27-20/h1-6,8-10,17H,7,11H2,(H2,22,24)(H,25,26). The molecule has 1 heterocycles. The van der Waals surface area contributed by atoms with Crippen molar-refractivity contribution in [1.82, 2.24) is 4.98 Å². The lowest BCUT2D eigenvalue weighted by molar-refractivity contribution is -0.137. The zero-order valence-electron chi connectivity index (χ0n) is 14.3. The van der Waals surface area contributed by atoms with Gasteiger partial charge in [0, 0.05) is 0 Å². The van der Waals surface area contributed by atoms with Crippen LogP contribution in [0.5, 0.6) is 0 Å². The average Bonchev–Trinajstić information content (AvgIpc) is 3.13. The molecule has 138 valence electrons. The largest absolute Gasteiger partial charge is 0.481 e. The van der Waals surface area contributed by atoms with Crippen molar-refractivity contribution >= 4 is 11.9 Å². The van der Waals surface area contributed by atoms with Gasteiger partial charge in [-0.15, -0.1) is 0 Å². The van der Waals surface area contributed by atoms with E-state index in [1.807, 2.05) is 0 Å².